The summed E-state index contributed by atoms with van der Waals surface area (Å²) in [5.74, 6) is 0.716. The molecular weight excluding hydrogens is 238 g/mol. The van der Waals surface area contributed by atoms with Crippen LogP contribution in [0.25, 0.3) is 0 Å². The maximum atomic E-state index is 10.6. The molecule has 102 valence electrons. The van der Waals surface area contributed by atoms with Gasteiger partial charge in [0.25, 0.3) is 0 Å². The van der Waals surface area contributed by atoms with Crippen molar-refractivity contribution in [2.24, 2.45) is 16.8 Å². The molecule has 2 amide bonds. The number of carbonyl (C=O) groups is 1. The maximum Gasteiger partial charge on any atom is 0.332 e. The lowest BCUT2D eigenvalue weighted by molar-refractivity contribution is 0.249. The number of fused-ring (bicyclic) bond motifs is 1. The van der Waals surface area contributed by atoms with Crippen molar-refractivity contribution in [1.82, 2.24) is 5.43 Å². The van der Waals surface area contributed by atoms with Crippen molar-refractivity contribution in [2.75, 3.05) is 0 Å². The molecule has 0 heterocycles. The fraction of sp³-hybridized carbons (Fsp3) is 0.467. The topological polar surface area (TPSA) is 67.5 Å². The fourth-order valence-corrected chi connectivity index (χ4v) is 2.64. The van der Waals surface area contributed by atoms with E-state index in [1.165, 1.54) is 24.0 Å². The normalized spacial score (nSPS) is 18.8. The van der Waals surface area contributed by atoms with E-state index in [-0.39, 0.29) is 0 Å². The van der Waals surface area contributed by atoms with Crippen LogP contribution in [0.2, 0.25) is 0 Å². The highest BCUT2D eigenvalue weighted by atomic mass is 16.2. The summed E-state index contributed by atoms with van der Waals surface area (Å²) in [5.41, 5.74) is 11.2. The Bertz CT molecular complexity index is 482. The number of amides is 2. The molecule has 0 aromatic heterocycles. The molecule has 1 aromatic rings. The molecule has 1 aliphatic carbocycles. The van der Waals surface area contributed by atoms with Gasteiger partial charge in [0.05, 0.1) is 0 Å². The van der Waals surface area contributed by atoms with Gasteiger partial charge in [0.1, 0.15) is 0 Å². The van der Waals surface area contributed by atoms with Crippen molar-refractivity contribution in [3.63, 3.8) is 0 Å². The summed E-state index contributed by atoms with van der Waals surface area (Å²) in [5, 5.41) is 3.94. The van der Waals surface area contributed by atoms with Gasteiger partial charge in [-0.2, -0.15) is 5.10 Å². The third kappa shape index (κ3) is 4.09. The van der Waals surface area contributed by atoms with Crippen LogP contribution in [0.5, 0.6) is 0 Å². The number of hydrogen-bond acceptors (Lipinski definition) is 2. The monoisotopic (exact) mass is 259 g/mol. The Morgan fingerprint density at radius 3 is 2.89 bits per heavy atom. The van der Waals surface area contributed by atoms with E-state index in [2.05, 4.69) is 34.8 Å². The molecule has 19 heavy (non-hydrogen) atoms. The van der Waals surface area contributed by atoms with E-state index < -0.39 is 6.03 Å². The van der Waals surface area contributed by atoms with Gasteiger partial charge in [0.2, 0.25) is 0 Å². The summed E-state index contributed by atoms with van der Waals surface area (Å²) >= 11 is 0. The molecule has 0 saturated carbocycles. The van der Waals surface area contributed by atoms with Crippen LogP contribution in [-0.4, -0.2) is 11.7 Å². The molecule has 0 saturated heterocycles. The predicted octanol–water partition coefficient (Wildman–Crippen LogP) is 2.62. The van der Waals surface area contributed by atoms with Crippen LogP contribution in [0, 0.1) is 5.92 Å². The smallest absolute Gasteiger partial charge is 0.332 e. The SMILES string of the molecule is C/C(CC[C@H]1CCc2ccccc2C1)=N/NC(N)=O. The minimum Gasteiger partial charge on any atom is -0.350 e. The van der Waals surface area contributed by atoms with Gasteiger partial charge in [-0.25, -0.2) is 10.2 Å². The quantitative estimate of drug-likeness (QED) is 0.633. The zero-order valence-electron chi connectivity index (χ0n) is 11.4. The molecule has 0 radical (unpaired) electrons. The van der Waals surface area contributed by atoms with Crippen LogP contribution in [-0.2, 0) is 12.8 Å². The Morgan fingerprint density at radius 1 is 1.42 bits per heavy atom. The molecule has 0 unspecified atom stereocenters. The minimum atomic E-state index is -0.606. The number of hydrogen-bond donors (Lipinski definition) is 2. The summed E-state index contributed by atoms with van der Waals surface area (Å²) in [4.78, 5) is 10.6. The lowest BCUT2D eigenvalue weighted by Gasteiger charge is -2.24. The van der Waals surface area contributed by atoms with Gasteiger partial charge in [-0.05, 0) is 56.1 Å². The number of benzene rings is 1. The summed E-state index contributed by atoms with van der Waals surface area (Å²) in [7, 11) is 0. The minimum absolute atomic E-state index is 0.606. The average molecular weight is 259 g/mol. The third-order valence-corrected chi connectivity index (χ3v) is 3.72. The molecule has 2 rings (SSSR count). The first-order valence-corrected chi connectivity index (χ1v) is 6.80. The summed E-state index contributed by atoms with van der Waals surface area (Å²) < 4.78 is 0. The number of rotatable bonds is 4. The first-order chi connectivity index (χ1) is 9.15. The molecule has 0 aliphatic heterocycles. The molecule has 0 spiro atoms. The van der Waals surface area contributed by atoms with Crippen LogP contribution in [0.3, 0.4) is 0 Å². The standard InChI is InChI=1S/C15H21N3O/c1-11(17-18-15(16)19)6-7-12-8-9-13-4-2-3-5-14(13)10-12/h2-5,12H,6-10H2,1H3,(H3,16,18,19)/b17-11-/t12-/m0/s1. The van der Waals surface area contributed by atoms with E-state index in [1.807, 2.05) is 6.92 Å². The molecule has 4 nitrogen and oxygen atoms in total. The average Bonchev–Trinajstić information content (AvgIpc) is 2.42. The van der Waals surface area contributed by atoms with Gasteiger partial charge in [-0.1, -0.05) is 24.3 Å². The van der Waals surface area contributed by atoms with E-state index >= 15 is 0 Å². The Hall–Kier alpha value is -1.84. The molecule has 0 fully saturated rings. The van der Waals surface area contributed by atoms with E-state index in [1.54, 1.807) is 0 Å². The summed E-state index contributed by atoms with van der Waals surface area (Å²) in [6.07, 6.45) is 5.61. The summed E-state index contributed by atoms with van der Waals surface area (Å²) in [6.45, 7) is 1.92. The van der Waals surface area contributed by atoms with E-state index in [0.717, 1.165) is 25.0 Å². The van der Waals surface area contributed by atoms with E-state index in [0.29, 0.717) is 5.92 Å². The maximum absolute atomic E-state index is 10.6. The van der Waals surface area contributed by atoms with Gasteiger partial charge >= 0.3 is 6.03 Å². The van der Waals surface area contributed by atoms with Crippen molar-refractivity contribution in [2.45, 2.75) is 39.0 Å². The van der Waals surface area contributed by atoms with Gasteiger partial charge in [-0.15, -0.1) is 0 Å². The van der Waals surface area contributed by atoms with Crippen LogP contribution in [0.1, 0.15) is 37.3 Å². The van der Waals surface area contributed by atoms with Crippen LogP contribution in [0.4, 0.5) is 4.79 Å². The van der Waals surface area contributed by atoms with Crippen molar-refractivity contribution >= 4 is 11.7 Å². The molecule has 1 aliphatic rings. The number of aryl methyl sites for hydroxylation is 1. The van der Waals surface area contributed by atoms with Gasteiger partial charge in [0, 0.05) is 5.71 Å². The van der Waals surface area contributed by atoms with Crippen molar-refractivity contribution in [3.8, 4) is 0 Å². The molecule has 1 atom stereocenters. The number of primary amides is 1. The third-order valence-electron chi connectivity index (χ3n) is 3.72. The van der Waals surface area contributed by atoms with Crippen LogP contribution < -0.4 is 11.2 Å². The Morgan fingerprint density at radius 2 is 2.16 bits per heavy atom. The second-order valence-corrected chi connectivity index (χ2v) is 5.24. The number of urea groups is 1. The lowest BCUT2D eigenvalue weighted by atomic mass is 9.81. The highest BCUT2D eigenvalue weighted by Gasteiger charge is 2.17. The molecule has 1 aromatic carbocycles. The molecular formula is C15H21N3O. The van der Waals surface area contributed by atoms with E-state index in [4.69, 9.17) is 5.73 Å². The van der Waals surface area contributed by atoms with E-state index in [9.17, 15) is 4.79 Å². The number of hydrazone groups is 1. The van der Waals surface area contributed by atoms with Crippen molar-refractivity contribution < 1.29 is 4.79 Å². The highest BCUT2D eigenvalue weighted by Crippen LogP contribution is 2.28. The van der Waals surface area contributed by atoms with Crippen LogP contribution in [0.15, 0.2) is 29.4 Å². The van der Waals surface area contributed by atoms with Crippen molar-refractivity contribution in [1.29, 1.82) is 0 Å². The lowest BCUT2D eigenvalue weighted by Crippen LogP contribution is -2.25. The first kappa shape index (κ1) is 13.6. The number of nitrogens with one attached hydrogen (secondary N) is 1. The van der Waals surface area contributed by atoms with Crippen molar-refractivity contribution in [3.05, 3.63) is 35.4 Å². The van der Waals surface area contributed by atoms with Gasteiger partial charge in [-0.3, -0.25) is 0 Å². The Labute approximate surface area is 114 Å². The second-order valence-electron chi connectivity index (χ2n) is 5.24. The predicted molar refractivity (Wildman–Crippen MR) is 77.0 cm³/mol. The first-order valence-electron chi connectivity index (χ1n) is 6.80. The van der Waals surface area contributed by atoms with Gasteiger partial charge < -0.3 is 5.73 Å². The number of carbonyl (C=O) groups excluding carboxylic acids is 1. The zero-order chi connectivity index (χ0) is 13.7. The van der Waals surface area contributed by atoms with Gasteiger partial charge in [0.15, 0.2) is 0 Å². The molecule has 0 bridgehead atoms. The number of nitrogens with two attached hydrogens (primary N) is 1. The summed E-state index contributed by atoms with van der Waals surface area (Å²) in [6, 6.07) is 8.09. The highest BCUT2D eigenvalue weighted by molar-refractivity contribution is 5.83. The zero-order valence-corrected chi connectivity index (χ0v) is 11.4. The molecule has 4 heteroatoms. The largest absolute Gasteiger partial charge is 0.350 e. The Kier molecular flexibility index (Phi) is 4.55. The molecule has 3 N–H and O–H groups in total. The Balaban J connectivity index is 1.82. The van der Waals surface area contributed by atoms with Crippen LogP contribution >= 0.6 is 0 Å². The second kappa shape index (κ2) is 6.36. The fourth-order valence-electron chi connectivity index (χ4n) is 2.64. The number of nitrogens with zero attached hydrogens (tertiary/aromatic N) is 1.